The van der Waals surface area contributed by atoms with Crippen molar-refractivity contribution in [3.63, 3.8) is 0 Å². The van der Waals surface area contributed by atoms with E-state index in [2.05, 4.69) is 26.0 Å². The average Bonchev–Trinajstić information content (AvgIpc) is 3.53. The molecule has 1 saturated heterocycles. The number of pyridine rings is 2. The third-order valence-corrected chi connectivity index (χ3v) is 7.48. The van der Waals surface area contributed by atoms with E-state index in [-0.39, 0.29) is 11.4 Å². The number of urea groups is 1. The van der Waals surface area contributed by atoms with Gasteiger partial charge in [0.15, 0.2) is 11.6 Å². The van der Waals surface area contributed by atoms with E-state index in [1.165, 1.54) is 12.1 Å². The molecule has 0 aromatic carbocycles. The van der Waals surface area contributed by atoms with Crippen molar-refractivity contribution in [2.24, 2.45) is 0 Å². The average molecular weight is 460 g/mol. The fraction of sp³-hybridized carbons (Fsp3) is 0.440. The van der Waals surface area contributed by atoms with Gasteiger partial charge in [0.25, 0.3) is 0 Å². The number of aromatic nitrogens is 4. The topological polar surface area (TPSA) is 111 Å². The van der Waals surface area contributed by atoms with E-state index in [9.17, 15) is 4.79 Å². The second kappa shape index (κ2) is 8.30. The van der Waals surface area contributed by atoms with Gasteiger partial charge in [0, 0.05) is 54.7 Å². The first-order valence-corrected chi connectivity index (χ1v) is 12.0. The predicted molar refractivity (Wildman–Crippen MR) is 127 cm³/mol. The van der Waals surface area contributed by atoms with Crippen LogP contribution < -0.4 is 15.8 Å². The van der Waals surface area contributed by atoms with Crippen molar-refractivity contribution in [1.82, 2.24) is 30.0 Å². The molecule has 9 nitrogen and oxygen atoms in total. The van der Waals surface area contributed by atoms with E-state index >= 15 is 0 Å². The minimum absolute atomic E-state index is 0.0260. The molecule has 3 N–H and O–H groups in total. The van der Waals surface area contributed by atoms with Gasteiger partial charge in [-0.2, -0.15) is 5.10 Å². The molecule has 9 heteroatoms. The Morgan fingerprint density at radius 3 is 2.88 bits per heavy atom. The normalized spacial score (nSPS) is 21.5. The van der Waals surface area contributed by atoms with Crippen LogP contribution in [-0.2, 0) is 18.6 Å². The molecule has 1 unspecified atom stereocenters. The van der Waals surface area contributed by atoms with Crippen LogP contribution in [0.1, 0.15) is 43.5 Å². The van der Waals surface area contributed by atoms with Crippen LogP contribution >= 0.6 is 0 Å². The van der Waals surface area contributed by atoms with Crippen molar-refractivity contribution in [3.05, 3.63) is 54.1 Å². The number of nitrogen functional groups attached to an aromatic ring is 1. The zero-order valence-corrected chi connectivity index (χ0v) is 19.1. The summed E-state index contributed by atoms with van der Waals surface area (Å²) in [6, 6.07) is 10.2. The SMILES string of the molecule is Nc1ncc(-c2cc3n(n2)CCC32CCN(C(=O)NC3CCC3)C2)cc1OCc1ccccn1. The summed E-state index contributed by atoms with van der Waals surface area (Å²) in [5.41, 5.74) is 9.77. The van der Waals surface area contributed by atoms with Crippen molar-refractivity contribution in [3.8, 4) is 17.0 Å². The number of nitrogens with two attached hydrogens (primary N) is 1. The standard InChI is InChI=1S/C25H29N7O2/c26-23-21(34-15-19-4-1-2-9-27-19)12-17(14-28-23)20-13-22-25(8-11-32(22)30-20)7-10-31(16-25)24(33)29-18-5-3-6-18/h1-2,4,9,12-14,18H,3,5-8,10-11,15-16H2,(H2,26,28)(H,29,33). The molecule has 0 bridgehead atoms. The van der Waals surface area contributed by atoms with Crippen LogP contribution in [0.4, 0.5) is 10.6 Å². The zero-order valence-electron chi connectivity index (χ0n) is 19.1. The van der Waals surface area contributed by atoms with Crippen LogP contribution in [0.3, 0.4) is 0 Å². The molecule has 2 aliphatic heterocycles. The Bertz CT molecular complexity index is 1210. The number of hydrogen-bond acceptors (Lipinski definition) is 6. The Labute approximate surface area is 198 Å². The first-order valence-electron chi connectivity index (χ1n) is 12.0. The van der Waals surface area contributed by atoms with Crippen molar-refractivity contribution in [2.75, 3.05) is 18.8 Å². The lowest BCUT2D eigenvalue weighted by molar-refractivity contribution is 0.193. The van der Waals surface area contributed by atoms with E-state index in [1.807, 2.05) is 29.2 Å². The monoisotopic (exact) mass is 459 g/mol. The Balaban J connectivity index is 1.19. The number of fused-ring (bicyclic) bond motifs is 2. The number of ether oxygens (including phenoxy) is 1. The van der Waals surface area contributed by atoms with E-state index in [4.69, 9.17) is 15.6 Å². The summed E-state index contributed by atoms with van der Waals surface area (Å²) in [5, 5.41) is 8.04. The highest BCUT2D eigenvalue weighted by atomic mass is 16.5. The molecule has 6 rings (SSSR count). The summed E-state index contributed by atoms with van der Waals surface area (Å²) in [5.74, 6) is 0.859. The molecule has 1 aliphatic carbocycles. The van der Waals surface area contributed by atoms with Crippen LogP contribution in [0.2, 0.25) is 0 Å². The van der Waals surface area contributed by atoms with Gasteiger partial charge in [0.2, 0.25) is 0 Å². The number of likely N-dealkylation sites (tertiary alicyclic amines) is 1. The zero-order chi connectivity index (χ0) is 23.1. The second-order valence-electron chi connectivity index (χ2n) is 9.63. The van der Waals surface area contributed by atoms with Gasteiger partial charge in [-0.05, 0) is 56.4 Å². The van der Waals surface area contributed by atoms with Crippen molar-refractivity contribution in [1.29, 1.82) is 0 Å². The lowest BCUT2D eigenvalue weighted by Crippen LogP contribution is -2.47. The number of amides is 2. The van der Waals surface area contributed by atoms with E-state index < -0.39 is 0 Å². The highest BCUT2D eigenvalue weighted by Crippen LogP contribution is 2.44. The number of carbonyl (C=O) groups is 1. The molecular weight excluding hydrogens is 430 g/mol. The predicted octanol–water partition coefficient (Wildman–Crippen LogP) is 3.11. The molecule has 2 fully saturated rings. The lowest BCUT2D eigenvalue weighted by atomic mass is 9.82. The maximum Gasteiger partial charge on any atom is 0.317 e. The molecule has 1 saturated carbocycles. The molecule has 176 valence electrons. The Morgan fingerprint density at radius 1 is 1.21 bits per heavy atom. The molecule has 1 spiro atoms. The summed E-state index contributed by atoms with van der Waals surface area (Å²) in [7, 11) is 0. The summed E-state index contributed by atoms with van der Waals surface area (Å²) in [6.07, 6.45) is 8.87. The van der Waals surface area contributed by atoms with Gasteiger partial charge in [-0.15, -0.1) is 0 Å². The fourth-order valence-corrected chi connectivity index (χ4v) is 5.23. The third kappa shape index (κ3) is 3.74. The molecule has 3 aromatic heterocycles. The quantitative estimate of drug-likeness (QED) is 0.607. The van der Waals surface area contributed by atoms with Gasteiger partial charge in [-0.1, -0.05) is 6.07 Å². The molecular formula is C25H29N7O2. The lowest BCUT2D eigenvalue weighted by Gasteiger charge is -2.30. The number of nitrogens with zero attached hydrogens (tertiary/aromatic N) is 5. The van der Waals surface area contributed by atoms with Crippen LogP contribution in [0, 0.1) is 0 Å². The van der Waals surface area contributed by atoms with Crippen LogP contribution in [-0.4, -0.2) is 49.8 Å². The number of nitrogens with one attached hydrogen (secondary N) is 1. The van der Waals surface area contributed by atoms with E-state index in [0.29, 0.717) is 24.2 Å². The molecule has 3 aromatic rings. The van der Waals surface area contributed by atoms with Crippen LogP contribution in [0.5, 0.6) is 5.75 Å². The van der Waals surface area contributed by atoms with E-state index in [0.717, 1.165) is 62.3 Å². The molecule has 1 atom stereocenters. The molecule has 0 radical (unpaired) electrons. The first-order chi connectivity index (χ1) is 16.6. The van der Waals surface area contributed by atoms with E-state index in [1.54, 1.807) is 12.4 Å². The first kappa shape index (κ1) is 20.9. The van der Waals surface area contributed by atoms with Gasteiger partial charge in [0.1, 0.15) is 6.61 Å². The Morgan fingerprint density at radius 2 is 2.09 bits per heavy atom. The van der Waals surface area contributed by atoms with Gasteiger partial charge >= 0.3 is 6.03 Å². The van der Waals surface area contributed by atoms with Gasteiger partial charge in [-0.3, -0.25) is 9.67 Å². The molecule has 5 heterocycles. The van der Waals surface area contributed by atoms with Gasteiger partial charge in [-0.25, -0.2) is 9.78 Å². The summed E-state index contributed by atoms with van der Waals surface area (Å²) < 4.78 is 8.00. The van der Waals surface area contributed by atoms with Gasteiger partial charge < -0.3 is 20.7 Å². The van der Waals surface area contributed by atoms with Gasteiger partial charge in [0.05, 0.1) is 11.4 Å². The minimum Gasteiger partial charge on any atom is -0.483 e. The molecule has 3 aliphatic rings. The van der Waals surface area contributed by atoms with Crippen LogP contribution in [0.25, 0.3) is 11.3 Å². The molecule has 2 amide bonds. The highest BCUT2D eigenvalue weighted by molar-refractivity contribution is 5.75. The van der Waals surface area contributed by atoms with Crippen molar-refractivity contribution < 1.29 is 9.53 Å². The van der Waals surface area contributed by atoms with Crippen LogP contribution in [0.15, 0.2) is 42.7 Å². The summed E-state index contributed by atoms with van der Waals surface area (Å²) in [6.45, 7) is 2.71. The minimum atomic E-state index is -0.0260. The van der Waals surface area contributed by atoms with Crippen molar-refractivity contribution in [2.45, 2.75) is 56.7 Å². The number of carbonyl (C=O) groups excluding carboxylic acids is 1. The second-order valence-corrected chi connectivity index (χ2v) is 9.63. The third-order valence-electron chi connectivity index (χ3n) is 7.48. The smallest absolute Gasteiger partial charge is 0.317 e. The Kier molecular flexibility index (Phi) is 5.12. The number of aryl methyl sites for hydroxylation is 1. The summed E-state index contributed by atoms with van der Waals surface area (Å²) >= 11 is 0. The largest absolute Gasteiger partial charge is 0.483 e. The molecule has 34 heavy (non-hydrogen) atoms. The number of hydrogen-bond donors (Lipinski definition) is 2. The number of anilines is 1. The maximum absolute atomic E-state index is 12.7. The number of rotatable bonds is 5. The highest BCUT2D eigenvalue weighted by Gasteiger charge is 2.47. The maximum atomic E-state index is 12.7. The summed E-state index contributed by atoms with van der Waals surface area (Å²) in [4.78, 5) is 23.3. The fourth-order valence-electron chi connectivity index (χ4n) is 5.23. The Hall–Kier alpha value is -3.62. The van der Waals surface area contributed by atoms with Crippen molar-refractivity contribution >= 4 is 11.8 Å².